The van der Waals surface area contributed by atoms with Crippen molar-refractivity contribution in [3.05, 3.63) is 51.7 Å². The molecule has 1 aromatic heterocycles. The smallest absolute Gasteiger partial charge is 0.241 e. The number of carbonyl (C=O) groups is 1. The molecule has 0 saturated carbocycles. The Morgan fingerprint density at radius 1 is 1.25 bits per heavy atom. The van der Waals surface area contributed by atoms with Gasteiger partial charge in [0, 0.05) is 12.2 Å². The first-order chi connectivity index (χ1) is 11.6. The van der Waals surface area contributed by atoms with Crippen LogP contribution in [-0.2, 0) is 11.2 Å². The highest BCUT2D eigenvalue weighted by molar-refractivity contribution is 7.07. The number of thiophene rings is 1. The maximum Gasteiger partial charge on any atom is 0.241 e. The number of piperidine rings is 1. The molecule has 128 valence electrons. The fourth-order valence-corrected chi connectivity index (χ4v) is 4.24. The van der Waals surface area contributed by atoms with Crippen LogP contribution in [0.5, 0.6) is 0 Å². The number of benzene rings is 1. The Labute approximate surface area is 148 Å². The third kappa shape index (κ3) is 4.46. The van der Waals surface area contributed by atoms with E-state index in [-0.39, 0.29) is 11.9 Å². The van der Waals surface area contributed by atoms with Crippen molar-refractivity contribution in [3.63, 3.8) is 0 Å². The number of likely N-dealkylation sites (tertiary alicyclic amines) is 1. The summed E-state index contributed by atoms with van der Waals surface area (Å²) in [6.45, 7) is 6.11. The van der Waals surface area contributed by atoms with E-state index in [1.165, 1.54) is 23.1 Å². The third-order valence-corrected chi connectivity index (χ3v) is 5.41. The quantitative estimate of drug-likeness (QED) is 0.873. The van der Waals surface area contributed by atoms with Gasteiger partial charge in [-0.3, -0.25) is 9.69 Å². The number of amides is 1. The highest BCUT2D eigenvalue weighted by Gasteiger charge is 2.28. The van der Waals surface area contributed by atoms with Gasteiger partial charge in [-0.15, -0.1) is 0 Å². The van der Waals surface area contributed by atoms with Gasteiger partial charge < -0.3 is 5.32 Å². The lowest BCUT2D eigenvalue weighted by Crippen LogP contribution is -2.47. The SMILES string of the molecule is Cc1cc(C)cc(NC(=O)[C@@H]2CCCCN2CCc2ccsc2)c1. The molecule has 0 spiro atoms. The molecule has 24 heavy (non-hydrogen) atoms. The molecule has 1 N–H and O–H groups in total. The lowest BCUT2D eigenvalue weighted by Gasteiger charge is -2.34. The Bertz CT molecular complexity index is 661. The van der Waals surface area contributed by atoms with Gasteiger partial charge in [0.05, 0.1) is 6.04 Å². The summed E-state index contributed by atoms with van der Waals surface area (Å²) in [7, 11) is 0. The highest BCUT2D eigenvalue weighted by Crippen LogP contribution is 2.21. The number of nitrogens with one attached hydrogen (secondary N) is 1. The van der Waals surface area contributed by atoms with Crippen molar-refractivity contribution in [2.24, 2.45) is 0 Å². The number of anilines is 1. The van der Waals surface area contributed by atoms with Crippen molar-refractivity contribution >= 4 is 22.9 Å². The fraction of sp³-hybridized carbons (Fsp3) is 0.450. The van der Waals surface area contributed by atoms with Gasteiger partial charge in [0.25, 0.3) is 0 Å². The van der Waals surface area contributed by atoms with Crippen molar-refractivity contribution in [2.75, 3.05) is 18.4 Å². The first-order valence-electron chi connectivity index (χ1n) is 8.76. The molecular weight excluding hydrogens is 316 g/mol. The summed E-state index contributed by atoms with van der Waals surface area (Å²) in [5.41, 5.74) is 4.66. The minimum atomic E-state index is -0.00166. The number of carbonyl (C=O) groups excluding carboxylic acids is 1. The minimum Gasteiger partial charge on any atom is -0.325 e. The largest absolute Gasteiger partial charge is 0.325 e. The highest BCUT2D eigenvalue weighted by atomic mass is 32.1. The van der Waals surface area contributed by atoms with Gasteiger partial charge in [0.1, 0.15) is 0 Å². The first kappa shape index (κ1) is 17.2. The predicted octanol–water partition coefficient (Wildman–Crippen LogP) is 4.40. The van der Waals surface area contributed by atoms with E-state index in [4.69, 9.17) is 0 Å². The zero-order valence-electron chi connectivity index (χ0n) is 14.5. The zero-order valence-corrected chi connectivity index (χ0v) is 15.4. The Hall–Kier alpha value is -1.65. The Kier molecular flexibility index (Phi) is 5.69. The van der Waals surface area contributed by atoms with Crippen LogP contribution in [0.2, 0.25) is 0 Å². The summed E-state index contributed by atoms with van der Waals surface area (Å²) in [6, 6.07) is 8.40. The van der Waals surface area contributed by atoms with Crippen LogP contribution >= 0.6 is 11.3 Å². The van der Waals surface area contributed by atoms with E-state index in [0.717, 1.165) is 38.0 Å². The van der Waals surface area contributed by atoms with Crippen molar-refractivity contribution in [2.45, 2.75) is 45.6 Å². The lowest BCUT2D eigenvalue weighted by atomic mass is 10.0. The molecule has 1 aliphatic rings. The number of aryl methyl sites for hydroxylation is 2. The van der Waals surface area contributed by atoms with Crippen LogP contribution in [0.1, 0.15) is 36.0 Å². The van der Waals surface area contributed by atoms with Crippen molar-refractivity contribution in [1.82, 2.24) is 4.90 Å². The van der Waals surface area contributed by atoms with Crippen LogP contribution < -0.4 is 5.32 Å². The molecule has 1 fully saturated rings. The monoisotopic (exact) mass is 342 g/mol. The second-order valence-corrected chi connectivity index (χ2v) is 7.57. The standard InChI is InChI=1S/C20H26N2OS/c1-15-11-16(2)13-18(12-15)21-20(23)19-5-3-4-8-22(19)9-6-17-7-10-24-14-17/h7,10-14,19H,3-6,8-9H2,1-2H3,(H,21,23)/t19-/m0/s1. The molecule has 2 heterocycles. The molecule has 1 saturated heterocycles. The normalized spacial score (nSPS) is 18.5. The molecule has 0 radical (unpaired) electrons. The molecular formula is C20H26N2OS. The maximum atomic E-state index is 12.8. The van der Waals surface area contributed by atoms with Gasteiger partial charge in [0.2, 0.25) is 5.91 Å². The van der Waals surface area contributed by atoms with E-state index >= 15 is 0 Å². The average molecular weight is 343 g/mol. The van der Waals surface area contributed by atoms with Crippen LogP contribution in [0.4, 0.5) is 5.69 Å². The van der Waals surface area contributed by atoms with Gasteiger partial charge in [-0.2, -0.15) is 11.3 Å². The topological polar surface area (TPSA) is 32.3 Å². The van der Waals surface area contributed by atoms with Gasteiger partial charge in [-0.25, -0.2) is 0 Å². The summed E-state index contributed by atoms with van der Waals surface area (Å²) < 4.78 is 0. The number of nitrogens with zero attached hydrogens (tertiary/aromatic N) is 1. The first-order valence-corrected chi connectivity index (χ1v) is 9.70. The second-order valence-electron chi connectivity index (χ2n) is 6.79. The molecule has 1 amide bonds. The summed E-state index contributed by atoms with van der Waals surface area (Å²) in [5.74, 6) is 0.144. The van der Waals surface area contributed by atoms with Crippen LogP contribution in [0.3, 0.4) is 0 Å². The predicted molar refractivity (Wildman–Crippen MR) is 102 cm³/mol. The molecule has 3 rings (SSSR count). The molecule has 0 bridgehead atoms. The molecule has 2 aromatic rings. The van der Waals surface area contributed by atoms with E-state index in [0.29, 0.717) is 0 Å². The number of hydrogen-bond acceptors (Lipinski definition) is 3. The molecule has 4 heteroatoms. The molecule has 1 aromatic carbocycles. The minimum absolute atomic E-state index is 0.00166. The molecule has 3 nitrogen and oxygen atoms in total. The average Bonchev–Trinajstić information content (AvgIpc) is 3.05. The number of rotatable bonds is 5. The summed E-state index contributed by atoms with van der Waals surface area (Å²) >= 11 is 1.74. The van der Waals surface area contributed by atoms with E-state index < -0.39 is 0 Å². The fourth-order valence-electron chi connectivity index (χ4n) is 3.54. The van der Waals surface area contributed by atoms with Crippen LogP contribution in [0, 0.1) is 13.8 Å². The van der Waals surface area contributed by atoms with Gasteiger partial charge in [-0.05, 0) is 85.3 Å². The molecule has 1 aliphatic heterocycles. The van der Waals surface area contributed by atoms with Crippen molar-refractivity contribution < 1.29 is 4.79 Å². The van der Waals surface area contributed by atoms with Crippen LogP contribution in [-0.4, -0.2) is 29.9 Å². The van der Waals surface area contributed by atoms with Gasteiger partial charge >= 0.3 is 0 Å². The van der Waals surface area contributed by atoms with Crippen molar-refractivity contribution in [3.8, 4) is 0 Å². The number of hydrogen-bond donors (Lipinski definition) is 1. The van der Waals surface area contributed by atoms with Crippen molar-refractivity contribution in [1.29, 1.82) is 0 Å². The van der Waals surface area contributed by atoms with Gasteiger partial charge in [-0.1, -0.05) is 12.5 Å². The summed E-state index contributed by atoms with van der Waals surface area (Å²) in [5, 5.41) is 7.46. The summed E-state index contributed by atoms with van der Waals surface area (Å²) in [6.07, 6.45) is 4.31. The Morgan fingerprint density at radius 2 is 2.04 bits per heavy atom. The molecule has 0 aliphatic carbocycles. The molecule has 0 unspecified atom stereocenters. The maximum absolute atomic E-state index is 12.8. The van der Waals surface area contributed by atoms with Crippen LogP contribution in [0.25, 0.3) is 0 Å². The Balaban J connectivity index is 1.64. The van der Waals surface area contributed by atoms with E-state index in [1.54, 1.807) is 11.3 Å². The third-order valence-electron chi connectivity index (χ3n) is 4.67. The molecule has 1 atom stereocenters. The Morgan fingerprint density at radius 3 is 2.75 bits per heavy atom. The second kappa shape index (κ2) is 7.95. The van der Waals surface area contributed by atoms with E-state index in [1.807, 2.05) is 12.1 Å². The van der Waals surface area contributed by atoms with E-state index in [9.17, 15) is 4.79 Å². The van der Waals surface area contributed by atoms with E-state index in [2.05, 4.69) is 47.0 Å². The van der Waals surface area contributed by atoms with Crippen LogP contribution in [0.15, 0.2) is 35.0 Å². The lowest BCUT2D eigenvalue weighted by molar-refractivity contribution is -0.122. The zero-order chi connectivity index (χ0) is 16.9. The summed E-state index contributed by atoms with van der Waals surface area (Å²) in [4.78, 5) is 15.2. The van der Waals surface area contributed by atoms with Gasteiger partial charge in [0.15, 0.2) is 0 Å².